The number of hydrogen-bond donors (Lipinski definition) is 2. The maximum absolute atomic E-state index is 14.0. The molecular weight excluding hydrogens is 297 g/mol. The fraction of sp³-hybridized carbons (Fsp3) is 0.538. The number of sulfonamides is 1. The maximum atomic E-state index is 14.0. The Hall–Kier alpha value is -1.22. The van der Waals surface area contributed by atoms with Gasteiger partial charge in [-0.1, -0.05) is 0 Å². The number of nitrogens with two attached hydrogens (primary N) is 1. The van der Waals surface area contributed by atoms with E-state index in [1.807, 2.05) is 0 Å². The van der Waals surface area contributed by atoms with E-state index in [0.717, 1.165) is 19.2 Å². The SMILES string of the molecule is Cc1cc(N)cc(S(=O)(=O)NCCN2CCOCC2)c1F. The lowest BCUT2D eigenvalue weighted by molar-refractivity contribution is 0.0390. The number of halogens is 1. The molecular formula is C13H20FN3O3S. The van der Waals surface area contributed by atoms with Gasteiger partial charge in [-0.05, 0) is 24.6 Å². The van der Waals surface area contributed by atoms with Crippen molar-refractivity contribution in [2.45, 2.75) is 11.8 Å². The highest BCUT2D eigenvalue weighted by Crippen LogP contribution is 2.21. The quantitative estimate of drug-likeness (QED) is 0.765. The Labute approximate surface area is 124 Å². The number of nitrogen functional groups attached to an aromatic ring is 1. The van der Waals surface area contributed by atoms with Gasteiger partial charge >= 0.3 is 0 Å². The summed E-state index contributed by atoms with van der Waals surface area (Å²) in [5, 5.41) is 0. The molecule has 118 valence electrons. The van der Waals surface area contributed by atoms with Crippen LogP contribution in [0.2, 0.25) is 0 Å². The summed E-state index contributed by atoms with van der Waals surface area (Å²) in [5.41, 5.74) is 6.03. The standard InChI is InChI=1S/C13H20FN3O3S/c1-10-8-11(15)9-12(13(10)14)21(18,19)16-2-3-17-4-6-20-7-5-17/h8-9,16H,2-7,15H2,1H3. The van der Waals surface area contributed by atoms with Gasteiger partial charge in [-0.15, -0.1) is 0 Å². The van der Waals surface area contributed by atoms with Crippen molar-refractivity contribution in [3.8, 4) is 0 Å². The molecule has 0 bridgehead atoms. The third-order valence-corrected chi connectivity index (χ3v) is 4.82. The number of ether oxygens (including phenoxy) is 1. The highest BCUT2D eigenvalue weighted by Gasteiger charge is 2.21. The van der Waals surface area contributed by atoms with Gasteiger partial charge in [0, 0.05) is 31.9 Å². The second-order valence-electron chi connectivity index (χ2n) is 5.00. The average Bonchev–Trinajstić information content (AvgIpc) is 2.43. The van der Waals surface area contributed by atoms with Crippen LogP contribution in [-0.2, 0) is 14.8 Å². The van der Waals surface area contributed by atoms with Crippen molar-refractivity contribution in [1.29, 1.82) is 0 Å². The van der Waals surface area contributed by atoms with E-state index in [0.29, 0.717) is 19.8 Å². The van der Waals surface area contributed by atoms with Crippen LogP contribution in [0.15, 0.2) is 17.0 Å². The maximum Gasteiger partial charge on any atom is 0.243 e. The first-order chi connectivity index (χ1) is 9.90. The third kappa shape index (κ3) is 4.13. The molecule has 0 atom stereocenters. The summed E-state index contributed by atoms with van der Waals surface area (Å²) in [7, 11) is -3.90. The van der Waals surface area contributed by atoms with E-state index >= 15 is 0 Å². The highest BCUT2D eigenvalue weighted by atomic mass is 32.2. The van der Waals surface area contributed by atoms with Gasteiger partial charge in [-0.25, -0.2) is 17.5 Å². The van der Waals surface area contributed by atoms with E-state index in [1.165, 1.54) is 13.0 Å². The molecule has 0 aromatic heterocycles. The van der Waals surface area contributed by atoms with Gasteiger partial charge in [0.05, 0.1) is 13.2 Å². The molecule has 1 aromatic rings. The van der Waals surface area contributed by atoms with Crippen LogP contribution >= 0.6 is 0 Å². The summed E-state index contributed by atoms with van der Waals surface area (Å²) in [5.74, 6) is -0.761. The zero-order valence-corrected chi connectivity index (χ0v) is 12.7. The number of nitrogens with one attached hydrogen (secondary N) is 1. The molecule has 2 rings (SSSR count). The first kappa shape index (κ1) is 16.2. The third-order valence-electron chi connectivity index (χ3n) is 3.36. The summed E-state index contributed by atoms with van der Waals surface area (Å²) in [6, 6.07) is 2.54. The Balaban J connectivity index is 2.01. The number of anilines is 1. The molecule has 1 aromatic carbocycles. The Morgan fingerprint density at radius 3 is 2.71 bits per heavy atom. The number of nitrogens with zero attached hydrogens (tertiary/aromatic N) is 1. The van der Waals surface area contributed by atoms with Gasteiger partial charge in [-0.3, -0.25) is 4.90 Å². The van der Waals surface area contributed by atoms with Crippen LogP contribution in [0.3, 0.4) is 0 Å². The number of aryl methyl sites for hydroxylation is 1. The Bertz CT molecular complexity index is 601. The molecule has 0 aliphatic carbocycles. The minimum Gasteiger partial charge on any atom is -0.399 e. The van der Waals surface area contributed by atoms with Crippen molar-refractivity contribution < 1.29 is 17.5 Å². The molecule has 0 radical (unpaired) electrons. The molecule has 1 aliphatic rings. The van der Waals surface area contributed by atoms with Crippen molar-refractivity contribution in [3.05, 3.63) is 23.5 Å². The van der Waals surface area contributed by atoms with Crippen LogP contribution < -0.4 is 10.5 Å². The van der Waals surface area contributed by atoms with Crippen LogP contribution in [0.1, 0.15) is 5.56 Å². The fourth-order valence-corrected chi connectivity index (χ4v) is 3.40. The van der Waals surface area contributed by atoms with Crippen LogP contribution in [0.4, 0.5) is 10.1 Å². The lowest BCUT2D eigenvalue weighted by Gasteiger charge is -2.26. The highest BCUT2D eigenvalue weighted by molar-refractivity contribution is 7.89. The molecule has 0 unspecified atom stereocenters. The monoisotopic (exact) mass is 317 g/mol. The molecule has 1 saturated heterocycles. The van der Waals surface area contributed by atoms with E-state index < -0.39 is 20.7 Å². The Kier molecular flexibility index (Phi) is 5.15. The molecule has 1 heterocycles. The first-order valence-corrected chi connectivity index (χ1v) is 8.24. The van der Waals surface area contributed by atoms with Gasteiger partial charge < -0.3 is 10.5 Å². The zero-order valence-electron chi connectivity index (χ0n) is 11.9. The van der Waals surface area contributed by atoms with Gasteiger partial charge in [0.1, 0.15) is 10.7 Å². The lowest BCUT2D eigenvalue weighted by atomic mass is 10.2. The van der Waals surface area contributed by atoms with E-state index in [9.17, 15) is 12.8 Å². The molecule has 1 aliphatic heterocycles. The van der Waals surface area contributed by atoms with Gasteiger partial charge in [0.2, 0.25) is 10.0 Å². The van der Waals surface area contributed by atoms with Gasteiger partial charge in [0.25, 0.3) is 0 Å². The minimum atomic E-state index is -3.90. The molecule has 1 fully saturated rings. The van der Waals surface area contributed by atoms with Crippen LogP contribution in [0, 0.1) is 12.7 Å². The normalized spacial score (nSPS) is 17.0. The van der Waals surface area contributed by atoms with E-state index in [-0.39, 0.29) is 17.8 Å². The van der Waals surface area contributed by atoms with Crippen LogP contribution in [-0.4, -0.2) is 52.7 Å². The van der Waals surface area contributed by atoms with Gasteiger partial charge in [-0.2, -0.15) is 0 Å². The van der Waals surface area contributed by atoms with Crippen LogP contribution in [0.5, 0.6) is 0 Å². The van der Waals surface area contributed by atoms with Crippen molar-refractivity contribution in [1.82, 2.24) is 9.62 Å². The number of morpholine rings is 1. The van der Waals surface area contributed by atoms with Gasteiger partial charge in [0.15, 0.2) is 0 Å². The number of benzene rings is 1. The molecule has 3 N–H and O–H groups in total. The smallest absolute Gasteiger partial charge is 0.243 e. The van der Waals surface area contributed by atoms with E-state index in [2.05, 4.69) is 9.62 Å². The fourth-order valence-electron chi connectivity index (χ4n) is 2.20. The predicted octanol–water partition coefficient (Wildman–Crippen LogP) is 0.327. The van der Waals surface area contributed by atoms with Crippen molar-refractivity contribution in [2.24, 2.45) is 0 Å². The molecule has 6 nitrogen and oxygen atoms in total. The van der Waals surface area contributed by atoms with Crippen molar-refractivity contribution in [3.63, 3.8) is 0 Å². The topological polar surface area (TPSA) is 84.7 Å². The number of hydrogen-bond acceptors (Lipinski definition) is 5. The summed E-state index contributed by atoms with van der Waals surface area (Å²) >= 11 is 0. The van der Waals surface area contributed by atoms with Crippen LogP contribution in [0.25, 0.3) is 0 Å². The second-order valence-corrected chi connectivity index (χ2v) is 6.74. The summed E-state index contributed by atoms with van der Waals surface area (Å²) in [6.07, 6.45) is 0. The molecule has 0 amide bonds. The van der Waals surface area contributed by atoms with Crippen molar-refractivity contribution >= 4 is 15.7 Å². The predicted molar refractivity (Wildman–Crippen MR) is 78.0 cm³/mol. The first-order valence-electron chi connectivity index (χ1n) is 6.75. The zero-order chi connectivity index (χ0) is 15.5. The molecule has 0 saturated carbocycles. The van der Waals surface area contributed by atoms with E-state index in [4.69, 9.17) is 10.5 Å². The summed E-state index contributed by atoms with van der Waals surface area (Å²) < 4.78 is 45.9. The summed E-state index contributed by atoms with van der Waals surface area (Å²) in [4.78, 5) is 1.69. The minimum absolute atomic E-state index is 0.212. The molecule has 8 heteroatoms. The molecule has 0 spiro atoms. The Morgan fingerprint density at radius 1 is 1.38 bits per heavy atom. The van der Waals surface area contributed by atoms with Crippen molar-refractivity contribution in [2.75, 3.05) is 45.1 Å². The average molecular weight is 317 g/mol. The second kappa shape index (κ2) is 6.69. The number of rotatable bonds is 5. The lowest BCUT2D eigenvalue weighted by Crippen LogP contribution is -2.41. The molecule has 21 heavy (non-hydrogen) atoms. The Morgan fingerprint density at radius 2 is 2.05 bits per heavy atom. The summed E-state index contributed by atoms with van der Waals surface area (Å²) in [6.45, 7) is 5.10. The largest absolute Gasteiger partial charge is 0.399 e. The van der Waals surface area contributed by atoms with E-state index in [1.54, 1.807) is 0 Å².